The molecule has 0 aliphatic carbocycles. The number of aromatic nitrogens is 1. The van der Waals surface area contributed by atoms with E-state index in [1.54, 1.807) is 24.3 Å². The highest BCUT2D eigenvalue weighted by Gasteiger charge is 2.31. The number of alkyl halides is 3. The summed E-state index contributed by atoms with van der Waals surface area (Å²) in [6.07, 6.45) is -3.32. The molecule has 1 aliphatic rings. The third-order valence-electron chi connectivity index (χ3n) is 5.53. The number of ether oxygens (including phenoxy) is 2. The van der Waals surface area contributed by atoms with Crippen LogP contribution < -0.4 is 9.47 Å². The predicted octanol–water partition coefficient (Wildman–Crippen LogP) is 5.42. The zero-order valence-corrected chi connectivity index (χ0v) is 17.7. The second-order valence-electron chi connectivity index (χ2n) is 8.08. The molecule has 6 nitrogen and oxygen atoms in total. The van der Waals surface area contributed by atoms with Crippen LogP contribution in [0.15, 0.2) is 47.0 Å². The second-order valence-corrected chi connectivity index (χ2v) is 8.08. The third-order valence-corrected chi connectivity index (χ3v) is 5.53. The van der Waals surface area contributed by atoms with E-state index in [1.165, 1.54) is 12.1 Å². The highest BCUT2D eigenvalue weighted by Crippen LogP contribution is 2.32. The summed E-state index contributed by atoms with van der Waals surface area (Å²) in [5, 5.41) is 4.66. The number of nitrogens with zero attached hydrogens (tertiary/aromatic N) is 2. The molecule has 1 unspecified atom stereocenters. The molecule has 2 heterocycles. The van der Waals surface area contributed by atoms with Gasteiger partial charge in [-0.1, -0.05) is 32.0 Å². The van der Waals surface area contributed by atoms with Gasteiger partial charge in [-0.15, -0.1) is 13.2 Å². The molecule has 1 fully saturated rings. The molecule has 0 spiro atoms. The van der Waals surface area contributed by atoms with Crippen LogP contribution in [0.25, 0.3) is 22.1 Å². The summed E-state index contributed by atoms with van der Waals surface area (Å²) < 4.78 is 52.4. The molecule has 9 heteroatoms. The van der Waals surface area contributed by atoms with Crippen molar-refractivity contribution < 1.29 is 32.0 Å². The summed E-state index contributed by atoms with van der Waals surface area (Å²) in [5.74, 6) is 0.379. The van der Waals surface area contributed by atoms with E-state index in [0.29, 0.717) is 35.4 Å². The van der Waals surface area contributed by atoms with Crippen molar-refractivity contribution in [2.45, 2.75) is 39.1 Å². The average Bonchev–Trinajstić information content (AvgIpc) is 3.33. The smallest absolute Gasteiger partial charge is 0.473 e. The Kier molecular flexibility index (Phi) is 5.99. The molecule has 1 atom stereocenters. The van der Waals surface area contributed by atoms with Gasteiger partial charge in [0.25, 0.3) is 5.88 Å². The topological polar surface area (TPSA) is 64.8 Å². The Morgan fingerprint density at radius 2 is 1.84 bits per heavy atom. The lowest BCUT2D eigenvalue weighted by Gasteiger charge is -2.30. The molecule has 4 rings (SSSR count). The zero-order valence-electron chi connectivity index (χ0n) is 17.7. The first-order chi connectivity index (χ1) is 15.2. The van der Waals surface area contributed by atoms with Gasteiger partial charge in [0.2, 0.25) is 5.91 Å². The molecule has 2 aromatic carbocycles. The molecule has 3 aromatic rings. The molecule has 0 N–H and O–H groups in total. The Balaban J connectivity index is 1.53. The zero-order chi connectivity index (χ0) is 22.9. The Hall–Kier alpha value is -3.23. The van der Waals surface area contributed by atoms with Gasteiger partial charge in [0.1, 0.15) is 12.4 Å². The van der Waals surface area contributed by atoms with E-state index < -0.39 is 6.36 Å². The van der Waals surface area contributed by atoms with E-state index in [2.05, 4.69) is 9.89 Å². The van der Waals surface area contributed by atoms with Crippen LogP contribution in [0.2, 0.25) is 0 Å². The number of amides is 1. The van der Waals surface area contributed by atoms with Gasteiger partial charge in [-0.25, -0.2) is 0 Å². The minimum absolute atomic E-state index is 0.0684. The normalized spacial score (nSPS) is 15.6. The number of halogens is 3. The van der Waals surface area contributed by atoms with E-state index in [0.717, 1.165) is 18.5 Å². The summed E-state index contributed by atoms with van der Waals surface area (Å²) in [5.41, 5.74) is 2.00. The molecule has 0 bridgehead atoms. The maximum absolute atomic E-state index is 12.4. The van der Waals surface area contributed by atoms with Crippen molar-refractivity contribution in [3.8, 4) is 22.8 Å². The lowest BCUT2D eigenvalue weighted by molar-refractivity contribution is -0.274. The van der Waals surface area contributed by atoms with Crippen LogP contribution in [0.3, 0.4) is 0 Å². The van der Waals surface area contributed by atoms with Crippen molar-refractivity contribution in [1.82, 2.24) is 10.1 Å². The van der Waals surface area contributed by atoms with E-state index >= 15 is 0 Å². The van der Waals surface area contributed by atoms with Gasteiger partial charge in [-0.2, -0.15) is 0 Å². The number of likely N-dealkylation sites (tertiary alicyclic amines) is 1. The molecule has 1 aromatic heterocycles. The summed E-state index contributed by atoms with van der Waals surface area (Å²) in [6, 6.07) is 10.9. The monoisotopic (exact) mass is 448 g/mol. The first kappa shape index (κ1) is 22.0. The van der Waals surface area contributed by atoms with E-state index in [-0.39, 0.29) is 23.6 Å². The molecular formula is C23H23F3N2O4. The van der Waals surface area contributed by atoms with Crippen LogP contribution in [-0.4, -0.2) is 41.5 Å². The first-order valence-electron chi connectivity index (χ1n) is 10.4. The summed E-state index contributed by atoms with van der Waals surface area (Å²) >= 11 is 0. The average molecular weight is 448 g/mol. The Bertz CT molecular complexity index is 1090. The Labute approximate surface area is 182 Å². The molecule has 170 valence electrons. The number of rotatable bonds is 7. The van der Waals surface area contributed by atoms with Crippen LogP contribution in [0.5, 0.6) is 11.6 Å². The van der Waals surface area contributed by atoms with Crippen molar-refractivity contribution in [3.63, 3.8) is 0 Å². The lowest BCUT2D eigenvalue weighted by Crippen LogP contribution is -2.43. The SMILES string of the molecule is CC(C)C(COc1noc2ccc(-c3ccc(OC(F)(F)F)cc3)cc12)N1CCCC1=O. The third kappa shape index (κ3) is 4.81. The number of fused-ring (bicyclic) bond motifs is 1. The van der Waals surface area contributed by atoms with Gasteiger partial charge in [0, 0.05) is 13.0 Å². The minimum atomic E-state index is -4.73. The van der Waals surface area contributed by atoms with Gasteiger partial charge in [-0.05, 0) is 52.9 Å². The maximum atomic E-state index is 12.4. The quantitative estimate of drug-likeness (QED) is 0.483. The Morgan fingerprint density at radius 3 is 2.47 bits per heavy atom. The molecule has 32 heavy (non-hydrogen) atoms. The highest BCUT2D eigenvalue weighted by atomic mass is 19.4. The van der Waals surface area contributed by atoms with E-state index in [1.807, 2.05) is 24.8 Å². The molecule has 0 radical (unpaired) electrons. The first-order valence-corrected chi connectivity index (χ1v) is 10.4. The van der Waals surface area contributed by atoms with Crippen molar-refractivity contribution in [3.05, 3.63) is 42.5 Å². The van der Waals surface area contributed by atoms with Crippen molar-refractivity contribution >= 4 is 16.9 Å². The van der Waals surface area contributed by atoms with Crippen LogP contribution >= 0.6 is 0 Å². The van der Waals surface area contributed by atoms with E-state index in [4.69, 9.17) is 9.26 Å². The van der Waals surface area contributed by atoms with Crippen molar-refractivity contribution in [1.29, 1.82) is 0 Å². The minimum Gasteiger partial charge on any atom is -0.473 e. The summed E-state index contributed by atoms with van der Waals surface area (Å²) in [7, 11) is 0. The molecule has 1 aliphatic heterocycles. The molecule has 1 saturated heterocycles. The Morgan fingerprint density at radius 1 is 1.12 bits per heavy atom. The van der Waals surface area contributed by atoms with Crippen molar-refractivity contribution in [2.75, 3.05) is 13.2 Å². The fourth-order valence-corrected chi connectivity index (χ4v) is 3.88. The fraction of sp³-hybridized carbons (Fsp3) is 0.391. The maximum Gasteiger partial charge on any atom is 0.573 e. The number of hydrogen-bond donors (Lipinski definition) is 0. The van der Waals surface area contributed by atoms with Gasteiger partial charge >= 0.3 is 6.36 Å². The molecular weight excluding hydrogens is 425 g/mol. The van der Waals surface area contributed by atoms with Crippen LogP contribution in [0, 0.1) is 5.92 Å². The summed E-state index contributed by atoms with van der Waals surface area (Å²) in [6.45, 7) is 5.11. The van der Waals surface area contributed by atoms with E-state index in [9.17, 15) is 18.0 Å². The van der Waals surface area contributed by atoms with Crippen LogP contribution in [-0.2, 0) is 4.79 Å². The standard InChI is InChI=1S/C23H23F3N2O4/c1-14(2)19(28-11-3-4-21(28)29)13-30-22-18-12-16(7-10-20(18)32-27-22)15-5-8-17(9-6-15)31-23(24,25)26/h5-10,12,14,19H,3-4,11,13H2,1-2H3. The van der Waals surface area contributed by atoms with Gasteiger partial charge < -0.3 is 18.9 Å². The highest BCUT2D eigenvalue weighted by molar-refractivity contribution is 5.87. The number of benzene rings is 2. The van der Waals surface area contributed by atoms with Crippen molar-refractivity contribution in [2.24, 2.45) is 5.92 Å². The van der Waals surface area contributed by atoms with Gasteiger partial charge in [0.05, 0.1) is 11.4 Å². The van der Waals surface area contributed by atoms with Gasteiger partial charge in [-0.3, -0.25) is 4.79 Å². The summed E-state index contributed by atoms with van der Waals surface area (Å²) in [4.78, 5) is 14.0. The van der Waals surface area contributed by atoms with Crippen LogP contribution in [0.4, 0.5) is 13.2 Å². The number of carbonyl (C=O) groups excluding carboxylic acids is 1. The van der Waals surface area contributed by atoms with Crippen LogP contribution in [0.1, 0.15) is 26.7 Å². The number of hydrogen-bond acceptors (Lipinski definition) is 5. The number of carbonyl (C=O) groups is 1. The van der Waals surface area contributed by atoms with Gasteiger partial charge in [0.15, 0.2) is 5.58 Å². The largest absolute Gasteiger partial charge is 0.573 e. The fourth-order valence-electron chi connectivity index (χ4n) is 3.88. The second kappa shape index (κ2) is 8.72. The molecule has 0 saturated carbocycles. The molecule has 1 amide bonds. The lowest BCUT2D eigenvalue weighted by atomic mass is 10.0. The predicted molar refractivity (Wildman–Crippen MR) is 111 cm³/mol.